The number of carbonyl (C=O) groups is 1. The van der Waals surface area contributed by atoms with Gasteiger partial charge in [-0.1, -0.05) is 6.07 Å². The molecule has 0 aliphatic carbocycles. The maximum absolute atomic E-state index is 14.0. The highest BCUT2D eigenvalue weighted by atomic mass is 19.1. The number of fused-ring (bicyclic) bond motifs is 2. The molecule has 0 bridgehead atoms. The molecule has 5 rings (SSSR count). The molecule has 0 spiro atoms. The summed E-state index contributed by atoms with van der Waals surface area (Å²) < 4.78 is 32.7. The summed E-state index contributed by atoms with van der Waals surface area (Å²) in [6.07, 6.45) is 0.681. The van der Waals surface area contributed by atoms with Crippen LogP contribution >= 0.6 is 0 Å². The van der Waals surface area contributed by atoms with E-state index < -0.39 is 5.82 Å². The summed E-state index contributed by atoms with van der Waals surface area (Å²) in [6.45, 7) is 0.927. The van der Waals surface area contributed by atoms with Crippen LogP contribution in [0.5, 0.6) is 5.75 Å². The van der Waals surface area contributed by atoms with Crippen molar-refractivity contribution in [3.63, 3.8) is 0 Å². The summed E-state index contributed by atoms with van der Waals surface area (Å²) in [7, 11) is 1.62. The van der Waals surface area contributed by atoms with Crippen LogP contribution in [0.1, 0.15) is 21.6 Å². The molecule has 2 heterocycles. The van der Waals surface area contributed by atoms with Gasteiger partial charge in [0.1, 0.15) is 23.1 Å². The average molecular weight is 431 g/mol. The standard InChI is InChI=1S/C25H19F2N3O2/c1-32-20-8-4-17-14-30(11-10-16(17)12-20)25(31)23-21-13-19(27)7-9-22(21)28-24(29-23)15-2-5-18(26)6-3-15/h2-9,12-13H,10-11,14H2,1H3. The lowest BCUT2D eigenvalue weighted by atomic mass is 9.99. The molecule has 0 unspecified atom stereocenters. The van der Waals surface area contributed by atoms with E-state index in [-0.39, 0.29) is 23.2 Å². The predicted octanol–water partition coefficient (Wildman–Crippen LogP) is 4.78. The van der Waals surface area contributed by atoms with Gasteiger partial charge in [-0.2, -0.15) is 0 Å². The molecule has 0 N–H and O–H groups in total. The molecule has 0 saturated heterocycles. The summed E-state index contributed by atoms with van der Waals surface area (Å²) >= 11 is 0. The SMILES string of the molecule is COc1ccc2c(c1)CCN(C(=O)c1nc(-c3ccc(F)cc3)nc3ccc(F)cc13)C2. The third-order valence-electron chi connectivity index (χ3n) is 5.68. The maximum atomic E-state index is 14.0. The summed E-state index contributed by atoms with van der Waals surface area (Å²) in [6, 6.07) is 15.6. The molecule has 5 nitrogen and oxygen atoms in total. The van der Waals surface area contributed by atoms with Crippen LogP contribution in [0, 0.1) is 11.6 Å². The van der Waals surface area contributed by atoms with Crippen LogP contribution in [-0.4, -0.2) is 34.4 Å². The lowest BCUT2D eigenvalue weighted by molar-refractivity contribution is 0.0731. The van der Waals surface area contributed by atoms with Crippen LogP contribution in [-0.2, 0) is 13.0 Å². The first-order valence-electron chi connectivity index (χ1n) is 10.2. The second-order valence-corrected chi connectivity index (χ2v) is 7.68. The van der Waals surface area contributed by atoms with Crippen molar-refractivity contribution >= 4 is 16.8 Å². The minimum atomic E-state index is -0.472. The number of carbonyl (C=O) groups excluding carboxylic acids is 1. The van der Waals surface area contributed by atoms with Crippen LogP contribution in [0.25, 0.3) is 22.3 Å². The molecule has 0 fully saturated rings. The number of nitrogens with zero attached hydrogens (tertiary/aromatic N) is 3. The topological polar surface area (TPSA) is 55.3 Å². The van der Waals surface area contributed by atoms with Crippen LogP contribution in [0.15, 0.2) is 60.7 Å². The number of halogens is 2. The molecule has 32 heavy (non-hydrogen) atoms. The molecule has 0 saturated carbocycles. The Balaban J connectivity index is 1.56. The minimum absolute atomic E-state index is 0.130. The second kappa shape index (κ2) is 8.00. The van der Waals surface area contributed by atoms with Crippen molar-refractivity contribution in [2.24, 2.45) is 0 Å². The van der Waals surface area contributed by atoms with Crippen molar-refractivity contribution in [3.05, 3.63) is 89.1 Å². The molecule has 1 aromatic heterocycles. The zero-order valence-electron chi connectivity index (χ0n) is 17.3. The fourth-order valence-corrected chi connectivity index (χ4v) is 3.97. The molecule has 1 aliphatic rings. The number of hydrogen-bond donors (Lipinski definition) is 0. The van der Waals surface area contributed by atoms with Crippen molar-refractivity contribution < 1.29 is 18.3 Å². The van der Waals surface area contributed by atoms with E-state index in [0.717, 1.165) is 16.9 Å². The van der Waals surface area contributed by atoms with E-state index in [1.54, 1.807) is 24.1 Å². The van der Waals surface area contributed by atoms with Crippen molar-refractivity contribution in [1.29, 1.82) is 0 Å². The first-order chi connectivity index (χ1) is 15.5. The number of hydrogen-bond acceptors (Lipinski definition) is 4. The fourth-order valence-electron chi connectivity index (χ4n) is 3.97. The van der Waals surface area contributed by atoms with Gasteiger partial charge in [-0.25, -0.2) is 18.7 Å². The first kappa shape index (κ1) is 20.1. The molecule has 1 amide bonds. The summed E-state index contributed by atoms with van der Waals surface area (Å²) in [4.78, 5) is 24.2. The van der Waals surface area contributed by atoms with Crippen molar-refractivity contribution in [3.8, 4) is 17.1 Å². The normalized spacial score (nSPS) is 13.2. The molecule has 0 atom stereocenters. The molecule has 1 aliphatic heterocycles. The Kier molecular flexibility index (Phi) is 5.01. The summed E-state index contributed by atoms with van der Waals surface area (Å²) in [5.41, 5.74) is 3.33. The second-order valence-electron chi connectivity index (χ2n) is 7.68. The Hall–Kier alpha value is -3.87. The number of methoxy groups -OCH3 is 1. The third kappa shape index (κ3) is 3.66. The van der Waals surface area contributed by atoms with E-state index in [0.29, 0.717) is 36.0 Å². The van der Waals surface area contributed by atoms with Gasteiger partial charge < -0.3 is 9.64 Å². The number of ether oxygens (including phenoxy) is 1. The Morgan fingerprint density at radius 3 is 2.50 bits per heavy atom. The van der Waals surface area contributed by atoms with Gasteiger partial charge in [-0.05, 0) is 72.1 Å². The summed E-state index contributed by atoms with van der Waals surface area (Å²) in [5.74, 6) is -0.0792. The molecule has 3 aromatic carbocycles. The number of rotatable bonds is 3. The molecule has 0 radical (unpaired) electrons. The summed E-state index contributed by atoms with van der Waals surface area (Å²) in [5, 5.41) is 0.349. The first-order valence-corrected chi connectivity index (χ1v) is 10.2. The van der Waals surface area contributed by atoms with Gasteiger partial charge in [0.2, 0.25) is 0 Å². The highest BCUT2D eigenvalue weighted by Gasteiger charge is 2.26. The zero-order valence-corrected chi connectivity index (χ0v) is 17.3. The predicted molar refractivity (Wildman–Crippen MR) is 116 cm³/mol. The minimum Gasteiger partial charge on any atom is -0.497 e. The van der Waals surface area contributed by atoms with E-state index in [4.69, 9.17) is 4.74 Å². The Labute approximate surface area is 183 Å². The van der Waals surface area contributed by atoms with Crippen LogP contribution in [0.2, 0.25) is 0 Å². The van der Waals surface area contributed by atoms with Crippen molar-refractivity contribution in [2.75, 3.05) is 13.7 Å². The molecule has 4 aromatic rings. The Morgan fingerprint density at radius 1 is 0.938 bits per heavy atom. The Morgan fingerprint density at radius 2 is 1.72 bits per heavy atom. The highest BCUT2D eigenvalue weighted by molar-refractivity contribution is 6.05. The van der Waals surface area contributed by atoms with Crippen molar-refractivity contribution in [1.82, 2.24) is 14.9 Å². The number of aromatic nitrogens is 2. The van der Waals surface area contributed by atoms with E-state index in [9.17, 15) is 13.6 Å². The van der Waals surface area contributed by atoms with Gasteiger partial charge in [-0.15, -0.1) is 0 Å². The van der Waals surface area contributed by atoms with Gasteiger partial charge in [0, 0.05) is 24.0 Å². The lowest BCUT2D eigenvalue weighted by Gasteiger charge is -2.29. The van der Waals surface area contributed by atoms with E-state index in [1.807, 2.05) is 18.2 Å². The smallest absolute Gasteiger partial charge is 0.273 e. The lowest BCUT2D eigenvalue weighted by Crippen LogP contribution is -2.36. The van der Waals surface area contributed by atoms with Crippen molar-refractivity contribution in [2.45, 2.75) is 13.0 Å². The average Bonchev–Trinajstić information content (AvgIpc) is 2.82. The van der Waals surface area contributed by atoms with Gasteiger partial charge >= 0.3 is 0 Å². The van der Waals surface area contributed by atoms with E-state index in [2.05, 4.69) is 9.97 Å². The van der Waals surface area contributed by atoms with Gasteiger partial charge in [0.25, 0.3) is 5.91 Å². The molecular weight excluding hydrogens is 412 g/mol. The quantitative estimate of drug-likeness (QED) is 0.468. The van der Waals surface area contributed by atoms with E-state index >= 15 is 0 Å². The van der Waals surface area contributed by atoms with Gasteiger partial charge in [-0.3, -0.25) is 4.79 Å². The van der Waals surface area contributed by atoms with Crippen LogP contribution in [0.4, 0.5) is 8.78 Å². The van der Waals surface area contributed by atoms with E-state index in [1.165, 1.54) is 30.3 Å². The monoisotopic (exact) mass is 431 g/mol. The highest BCUT2D eigenvalue weighted by Crippen LogP contribution is 2.27. The zero-order chi connectivity index (χ0) is 22.2. The molecule has 160 valence electrons. The third-order valence-corrected chi connectivity index (χ3v) is 5.68. The number of benzene rings is 3. The largest absolute Gasteiger partial charge is 0.497 e. The number of amides is 1. The Bertz CT molecular complexity index is 1340. The van der Waals surface area contributed by atoms with Crippen LogP contribution < -0.4 is 4.74 Å². The van der Waals surface area contributed by atoms with Gasteiger partial charge in [0.05, 0.1) is 12.6 Å². The fraction of sp³-hybridized carbons (Fsp3) is 0.160. The van der Waals surface area contributed by atoms with Gasteiger partial charge in [0.15, 0.2) is 5.82 Å². The maximum Gasteiger partial charge on any atom is 0.273 e. The van der Waals surface area contributed by atoms with Crippen LogP contribution in [0.3, 0.4) is 0 Å². The molecule has 7 heteroatoms. The molecular formula is C25H19F2N3O2.